The van der Waals surface area contributed by atoms with E-state index in [1.807, 2.05) is 12.1 Å². The van der Waals surface area contributed by atoms with Gasteiger partial charge in [0.1, 0.15) is 0 Å². The van der Waals surface area contributed by atoms with E-state index < -0.39 is 5.97 Å². The Morgan fingerprint density at radius 1 is 1.26 bits per heavy atom. The fraction of sp³-hybridized carbons (Fsp3) is 0.389. The normalized spacial score (nSPS) is 18.7. The quantitative estimate of drug-likeness (QED) is 0.940. The van der Waals surface area contributed by atoms with E-state index in [2.05, 4.69) is 21.9 Å². The van der Waals surface area contributed by atoms with Crippen LogP contribution < -0.4 is 0 Å². The maximum Gasteiger partial charge on any atom is 0.335 e. The number of hydrogen-bond acceptors (Lipinski definition) is 4. The Hall–Kier alpha value is -2.27. The zero-order valence-electron chi connectivity index (χ0n) is 13.3. The van der Waals surface area contributed by atoms with E-state index in [1.54, 1.807) is 24.5 Å². The Morgan fingerprint density at radius 3 is 2.70 bits per heavy atom. The first-order valence-electron chi connectivity index (χ1n) is 7.95. The van der Waals surface area contributed by atoms with Crippen molar-refractivity contribution in [2.45, 2.75) is 19.3 Å². The summed E-state index contributed by atoms with van der Waals surface area (Å²) >= 11 is 0. The molecule has 0 aliphatic carbocycles. The molecule has 2 heterocycles. The van der Waals surface area contributed by atoms with E-state index in [1.165, 1.54) is 19.4 Å². The van der Waals surface area contributed by atoms with Crippen LogP contribution in [0.4, 0.5) is 0 Å². The number of aromatic carboxylic acids is 1. The van der Waals surface area contributed by atoms with Crippen LogP contribution in [0.15, 0.2) is 36.7 Å². The van der Waals surface area contributed by atoms with Crippen LogP contribution in [-0.4, -0.2) is 46.1 Å². The van der Waals surface area contributed by atoms with Gasteiger partial charge in [0.15, 0.2) is 0 Å². The number of carboxylic acid groups (broad SMARTS) is 1. The molecule has 0 amide bonds. The maximum absolute atomic E-state index is 11.0. The van der Waals surface area contributed by atoms with Crippen LogP contribution in [-0.2, 0) is 6.42 Å². The molecule has 0 bridgehead atoms. The van der Waals surface area contributed by atoms with Gasteiger partial charge in [-0.2, -0.15) is 0 Å². The molecule has 120 valence electrons. The van der Waals surface area contributed by atoms with Crippen molar-refractivity contribution < 1.29 is 9.90 Å². The van der Waals surface area contributed by atoms with Crippen LogP contribution in [0.3, 0.4) is 0 Å². The average molecular weight is 311 g/mol. The molecular formula is C18H21N3O2. The van der Waals surface area contributed by atoms with Crippen LogP contribution in [0, 0.1) is 5.92 Å². The highest BCUT2D eigenvalue weighted by atomic mass is 16.4. The number of piperidine rings is 1. The van der Waals surface area contributed by atoms with Crippen LogP contribution in [0.25, 0.3) is 11.3 Å². The number of carboxylic acids is 1. The zero-order valence-corrected chi connectivity index (χ0v) is 13.3. The van der Waals surface area contributed by atoms with Crippen molar-refractivity contribution in [1.82, 2.24) is 14.9 Å². The Labute approximate surface area is 136 Å². The second-order valence-electron chi connectivity index (χ2n) is 6.21. The van der Waals surface area contributed by atoms with E-state index in [9.17, 15) is 4.79 Å². The molecule has 5 heteroatoms. The first kappa shape index (κ1) is 15.6. The van der Waals surface area contributed by atoms with Gasteiger partial charge in [-0.1, -0.05) is 12.1 Å². The average Bonchev–Trinajstić information content (AvgIpc) is 2.55. The maximum atomic E-state index is 11.0. The van der Waals surface area contributed by atoms with Gasteiger partial charge in [-0.15, -0.1) is 0 Å². The topological polar surface area (TPSA) is 66.3 Å². The molecule has 1 saturated heterocycles. The number of rotatable bonds is 4. The van der Waals surface area contributed by atoms with Crippen LogP contribution >= 0.6 is 0 Å². The van der Waals surface area contributed by atoms with Crippen molar-refractivity contribution in [1.29, 1.82) is 0 Å². The molecule has 1 aliphatic rings. The van der Waals surface area contributed by atoms with Gasteiger partial charge in [0.2, 0.25) is 0 Å². The summed E-state index contributed by atoms with van der Waals surface area (Å²) in [6.45, 7) is 2.26. The van der Waals surface area contributed by atoms with Crippen molar-refractivity contribution in [2.24, 2.45) is 5.92 Å². The molecular weight excluding hydrogens is 290 g/mol. The second-order valence-corrected chi connectivity index (χ2v) is 6.21. The number of likely N-dealkylation sites (tertiary alicyclic amines) is 1. The Bertz CT molecular complexity index is 685. The Morgan fingerprint density at radius 2 is 2.00 bits per heavy atom. The molecule has 1 aromatic carbocycles. The molecule has 0 unspecified atom stereocenters. The summed E-state index contributed by atoms with van der Waals surface area (Å²) in [7, 11) is 2.16. The largest absolute Gasteiger partial charge is 0.478 e. The lowest BCUT2D eigenvalue weighted by Gasteiger charge is -2.29. The van der Waals surface area contributed by atoms with Crippen molar-refractivity contribution >= 4 is 5.97 Å². The highest BCUT2D eigenvalue weighted by Crippen LogP contribution is 2.25. The molecule has 23 heavy (non-hydrogen) atoms. The molecule has 0 spiro atoms. The third kappa shape index (κ3) is 3.74. The smallest absolute Gasteiger partial charge is 0.335 e. The third-order valence-electron chi connectivity index (χ3n) is 4.38. The van der Waals surface area contributed by atoms with E-state index >= 15 is 0 Å². The molecule has 5 nitrogen and oxygen atoms in total. The van der Waals surface area contributed by atoms with Gasteiger partial charge in [0.05, 0.1) is 17.0 Å². The minimum Gasteiger partial charge on any atom is -0.478 e. The summed E-state index contributed by atoms with van der Waals surface area (Å²) in [5, 5.41) is 9.01. The van der Waals surface area contributed by atoms with Crippen molar-refractivity contribution in [3.05, 3.63) is 47.9 Å². The summed E-state index contributed by atoms with van der Waals surface area (Å²) in [6.07, 6.45) is 6.78. The summed E-state index contributed by atoms with van der Waals surface area (Å²) in [4.78, 5) is 22.4. The number of benzene rings is 1. The van der Waals surface area contributed by atoms with Gasteiger partial charge in [0, 0.05) is 24.5 Å². The Balaban J connectivity index is 1.84. The molecule has 1 atom stereocenters. The standard InChI is InChI=1S/C18H21N3O2/c1-21-10-2-3-13(12-21)11-16-17(20-9-8-19-16)14-4-6-15(7-5-14)18(22)23/h4-9,13H,2-3,10-12H2,1H3,(H,22,23)/t13-/m1/s1. The first-order valence-corrected chi connectivity index (χ1v) is 7.95. The van der Waals surface area contributed by atoms with Gasteiger partial charge in [-0.3, -0.25) is 9.97 Å². The lowest BCUT2D eigenvalue weighted by Crippen LogP contribution is -2.33. The van der Waals surface area contributed by atoms with E-state index in [-0.39, 0.29) is 5.56 Å². The first-order chi connectivity index (χ1) is 11.1. The van der Waals surface area contributed by atoms with Gasteiger partial charge >= 0.3 is 5.97 Å². The number of nitrogens with zero attached hydrogens (tertiary/aromatic N) is 3. The predicted molar refractivity (Wildman–Crippen MR) is 88.4 cm³/mol. The molecule has 2 aromatic rings. The van der Waals surface area contributed by atoms with E-state index in [4.69, 9.17) is 5.11 Å². The number of carbonyl (C=O) groups is 1. The van der Waals surface area contributed by atoms with Gasteiger partial charge in [0.25, 0.3) is 0 Å². The summed E-state index contributed by atoms with van der Waals surface area (Å²) in [6, 6.07) is 6.85. The van der Waals surface area contributed by atoms with E-state index in [0.29, 0.717) is 5.92 Å². The summed E-state index contributed by atoms with van der Waals surface area (Å²) < 4.78 is 0. The van der Waals surface area contributed by atoms with Crippen LogP contribution in [0.1, 0.15) is 28.9 Å². The SMILES string of the molecule is CN1CCC[C@H](Cc2nccnc2-c2ccc(C(=O)O)cc2)C1. The Kier molecular flexibility index (Phi) is 4.67. The minimum atomic E-state index is -0.916. The molecule has 1 aliphatic heterocycles. The highest BCUT2D eigenvalue weighted by Gasteiger charge is 2.20. The monoisotopic (exact) mass is 311 g/mol. The zero-order chi connectivity index (χ0) is 16.2. The number of hydrogen-bond donors (Lipinski definition) is 1. The fourth-order valence-electron chi connectivity index (χ4n) is 3.24. The minimum absolute atomic E-state index is 0.285. The fourth-order valence-corrected chi connectivity index (χ4v) is 3.24. The van der Waals surface area contributed by atoms with Gasteiger partial charge < -0.3 is 10.0 Å². The third-order valence-corrected chi connectivity index (χ3v) is 4.38. The van der Waals surface area contributed by atoms with Crippen molar-refractivity contribution in [3.63, 3.8) is 0 Å². The van der Waals surface area contributed by atoms with Gasteiger partial charge in [-0.05, 0) is 50.9 Å². The molecule has 1 fully saturated rings. The lowest BCUT2D eigenvalue weighted by molar-refractivity contribution is 0.0697. The number of aromatic nitrogens is 2. The summed E-state index contributed by atoms with van der Waals surface area (Å²) in [5.74, 6) is -0.316. The molecule has 0 radical (unpaired) electrons. The molecule has 0 saturated carbocycles. The second kappa shape index (κ2) is 6.87. The van der Waals surface area contributed by atoms with Crippen molar-refractivity contribution in [3.8, 4) is 11.3 Å². The highest BCUT2D eigenvalue weighted by molar-refractivity contribution is 5.88. The van der Waals surface area contributed by atoms with Gasteiger partial charge in [-0.25, -0.2) is 4.79 Å². The van der Waals surface area contributed by atoms with Crippen molar-refractivity contribution in [2.75, 3.05) is 20.1 Å². The predicted octanol–water partition coefficient (Wildman–Crippen LogP) is 2.73. The molecule has 1 N–H and O–H groups in total. The molecule has 1 aromatic heterocycles. The van der Waals surface area contributed by atoms with Crippen LogP contribution in [0.2, 0.25) is 0 Å². The van der Waals surface area contributed by atoms with Crippen LogP contribution in [0.5, 0.6) is 0 Å². The molecule has 3 rings (SSSR count). The lowest BCUT2D eigenvalue weighted by atomic mass is 9.92. The van der Waals surface area contributed by atoms with E-state index in [0.717, 1.165) is 29.9 Å². The summed E-state index contributed by atoms with van der Waals surface area (Å²) in [5.41, 5.74) is 3.06.